The standard InChI is InChI=1S/C21H24N4O2/c1-13-5-7-17(8-6-13)11-20(26)22-10-9-19-18(12-23-16(4)24-19)21-14(2)15(3)25-27-21/h5-8,12H,9-11H2,1-4H3,(H,22,26). The molecule has 6 heteroatoms. The first-order valence-corrected chi connectivity index (χ1v) is 9.02. The molecule has 0 atom stereocenters. The molecule has 0 fully saturated rings. The Labute approximate surface area is 159 Å². The SMILES string of the molecule is Cc1ccc(CC(=O)NCCc2nc(C)ncc2-c2onc(C)c2C)cc1. The third-order valence-electron chi connectivity index (χ3n) is 4.56. The van der Waals surface area contributed by atoms with Crippen LogP contribution in [0.1, 0.15) is 33.9 Å². The third-order valence-corrected chi connectivity index (χ3v) is 4.56. The van der Waals surface area contributed by atoms with Gasteiger partial charge in [-0.3, -0.25) is 4.79 Å². The molecule has 0 saturated carbocycles. The molecule has 1 amide bonds. The van der Waals surface area contributed by atoms with Crippen LogP contribution in [0.4, 0.5) is 0 Å². The molecule has 3 rings (SSSR count). The number of hydrogen-bond acceptors (Lipinski definition) is 5. The first-order chi connectivity index (χ1) is 12.9. The Kier molecular flexibility index (Phi) is 5.64. The number of rotatable bonds is 6. The molecule has 6 nitrogen and oxygen atoms in total. The number of aromatic nitrogens is 3. The second kappa shape index (κ2) is 8.12. The molecular formula is C21H24N4O2. The van der Waals surface area contributed by atoms with Gasteiger partial charge in [-0.1, -0.05) is 35.0 Å². The Bertz CT molecular complexity index is 945. The van der Waals surface area contributed by atoms with E-state index in [4.69, 9.17) is 4.52 Å². The lowest BCUT2D eigenvalue weighted by Crippen LogP contribution is -2.27. The van der Waals surface area contributed by atoms with Crippen molar-refractivity contribution in [2.75, 3.05) is 6.54 Å². The summed E-state index contributed by atoms with van der Waals surface area (Å²) in [5, 5.41) is 6.98. The zero-order valence-corrected chi connectivity index (χ0v) is 16.2. The summed E-state index contributed by atoms with van der Waals surface area (Å²) in [5.74, 6) is 1.37. The van der Waals surface area contributed by atoms with Gasteiger partial charge in [-0.2, -0.15) is 0 Å². The number of nitrogens with one attached hydrogen (secondary N) is 1. The number of carbonyl (C=O) groups excluding carboxylic acids is 1. The van der Waals surface area contributed by atoms with Crippen molar-refractivity contribution in [2.24, 2.45) is 0 Å². The number of carbonyl (C=O) groups is 1. The maximum Gasteiger partial charge on any atom is 0.224 e. The van der Waals surface area contributed by atoms with Crippen molar-refractivity contribution >= 4 is 5.91 Å². The van der Waals surface area contributed by atoms with Gasteiger partial charge in [-0.15, -0.1) is 0 Å². The van der Waals surface area contributed by atoms with Crippen molar-refractivity contribution in [3.05, 3.63) is 64.4 Å². The van der Waals surface area contributed by atoms with E-state index in [0.717, 1.165) is 28.1 Å². The van der Waals surface area contributed by atoms with E-state index >= 15 is 0 Å². The first kappa shape index (κ1) is 18.8. The molecule has 3 aromatic rings. The van der Waals surface area contributed by atoms with Crippen LogP contribution in [0.25, 0.3) is 11.3 Å². The fourth-order valence-corrected chi connectivity index (χ4v) is 2.84. The molecule has 0 aliphatic rings. The first-order valence-electron chi connectivity index (χ1n) is 9.02. The van der Waals surface area contributed by atoms with Crippen LogP contribution in [-0.4, -0.2) is 27.6 Å². The minimum atomic E-state index is -0.00197. The second-order valence-electron chi connectivity index (χ2n) is 6.76. The fourth-order valence-electron chi connectivity index (χ4n) is 2.84. The summed E-state index contributed by atoms with van der Waals surface area (Å²) in [4.78, 5) is 21.0. The van der Waals surface area contributed by atoms with Crippen LogP contribution in [0.3, 0.4) is 0 Å². The lowest BCUT2D eigenvalue weighted by molar-refractivity contribution is -0.120. The summed E-state index contributed by atoms with van der Waals surface area (Å²) < 4.78 is 5.46. The molecule has 0 unspecified atom stereocenters. The van der Waals surface area contributed by atoms with Gasteiger partial charge in [-0.05, 0) is 33.3 Å². The maximum absolute atomic E-state index is 12.2. The third kappa shape index (κ3) is 4.58. The Balaban J connectivity index is 1.65. The molecule has 140 valence electrons. The van der Waals surface area contributed by atoms with Crippen molar-refractivity contribution in [3.63, 3.8) is 0 Å². The van der Waals surface area contributed by atoms with Crippen LogP contribution in [-0.2, 0) is 17.6 Å². The van der Waals surface area contributed by atoms with Crippen molar-refractivity contribution in [1.82, 2.24) is 20.4 Å². The van der Waals surface area contributed by atoms with Crippen molar-refractivity contribution in [1.29, 1.82) is 0 Å². The van der Waals surface area contributed by atoms with Crippen molar-refractivity contribution in [2.45, 2.75) is 40.5 Å². The van der Waals surface area contributed by atoms with E-state index in [-0.39, 0.29) is 5.91 Å². The molecule has 1 aromatic carbocycles. The highest BCUT2D eigenvalue weighted by atomic mass is 16.5. The quantitative estimate of drug-likeness (QED) is 0.726. The molecule has 0 aliphatic heterocycles. The second-order valence-corrected chi connectivity index (χ2v) is 6.76. The number of aryl methyl sites for hydroxylation is 3. The van der Waals surface area contributed by atoms with Crippen molar-refractivity contribution < 1.29 is 9.32 Å². The number of benzene rings is 1. The van der Waals surface area contributed by atoms with Crippen LogP contribution < -0.4 is 5.32 Å². The smallest absolute Gasteiger partial charge is 0.224 e. The highest BCUT2D eigenvalue weighted by Gasteiger charge is 2.16. The molecule has 0 spiro atoms. The van der Waals surface area contributed by atoms with E-state index in [0.29, 0.717) is 31.0 Å². The van der Waals surface area contributed by atoms with Crippen molar-refractivity contribution in [3.8, 4) is 11.3 Å². The number of nitrogens with zero attached hydrogens (tertiary/aromatic N) is 3. The topological polar surface area (TPSA) is 80.9 Å². The normalized spacial score (nSPS) is 10.8. The van der Waals surface area contributed by atoms with E-state index in [9.17, 15) is 4.79 Å². The lowest BCUT2D eigenvalue weighted by Gasteiger charge is -2.09. The average Bonchev–Trinajstić information content (AvgIpc) is 2.96. The van der Waals surface area contributed by atoms with Crippen LogP contribution in [0.15, 0.2) is 35.0 Å². The predicted molar refractivity (Wildman–Crippen MR) is 103 cm³/mol. The van der Waals surface area contributed by atoms with Gasteiger partial charge < -0.3 is 9.84 Å². The Morgan fingerprint density at radius 1 is 1.11 bits per heavy atom. The summed E-state index contributed by atoms with van der Waals surface area (Å²) in [6, 6.07) is 7.99. The summed E-state index contributed by atoms with van der Waals surface area (Å²) >= 11 is 0. The highest BCUT2D eigenvalue weighted by Crippen LogP contribution is 2.27. The van der Waals surface area contributed by atoms with Gasteiger partial charge >= 0.3 is 0 Å². The summed E-state index contributed by atoms with van der Waals surface area (Å²) in [5.41, 5.74) is 5.69. The summed E-state index contributed by atoms with van der Waals surface area (Å²) in [7, 11) is 0. The van der Waals surface area contributed by atoms with Gasteiger partial charge in [-0.25, -0.2) is 9.97 Å². The minimum absolute atomic E-state index is 0.00197. The zero-order chi connectivity index (χ0) is 19.4. The highest BCUT2D eigenvalue weighted by molar-refractivity contribution is 5.78. The molecule has 0 saturated heterocycles. The molecule has 2 heterocycles. The minimum Gasteiger partial charge on any atom is -0.356 e. The predicted octanol–water partition coefficient (Wildman–Crippen LogP) is 3.27. The van der Waals surface area contributed by atoms with Gasteiger partial charge in [0.15, 0.2) is 5.76 Å². The van der Waals surface area contributed by atoms with Gasteiger partial charge in [0.25, 0.3) is 0 Å². The molecule has 0 bridgehead atoms. The largest absolute Gasteiger partial charge is 0.356 e. The zero-order valence-electron chi connectivity index (χ0n) is 16.2. The van der Waals surface area contributed by atoms with E-state index in [1.807, 2.05) is 52.0 Å². The van der Waals surface area contributed by atoms with Gasteiger partial charge in [0.2, 0.25) is 5.91 Å². The molecule has 27 heavy (non-hydrogen) atoms. The Morgan fingerprint density at radius 2 is 1.85 bits per heavy atom. The van der Waals surface area contributed by atoms with Crippen LogP contribution >= 0.6 is 0 Å². The monoisotopic (exact) mass is 364 g/mol. The van der Waals surface area contributed by atoms with E-state index in [1.165, 1.54) is 5.56 Å². The van der Waals surface area contributed by atoms with Crippen LogP contribution in [0.5, 0.6) is 0 Å². The van der Waals surface area contributed by atoms with Crippen LogP contribution in [0.2, 0.25) is 0 Å². The molecule has 0 aliphatic carbocycles. The number of amides is 1. The molecular weight excluding hydrogens is 340 g/mol. The van der Waals surface area contributed by atoms with Gasteiger partial charge in [0, 0.05) is 24.7 Å². The fraction of sp³-hybridized carbons (Fsp3) is 0.333. The Morgan fingerprint density at radius 3 is 2.52 bits per heavy atom. The maximum atomic E-state index is 12.2. The number of hydrogen-bond donors (Lipinski definition) is 1. The molecule has 1 N–H and O–H groups in total. The van der Waals surface area contributed by atoms with Gasteiger partial charge in [0.05, 0.1) is 23.4 Å². The lowest BCUT2D eigenvalue weighted by atomic mass is 10.1. The van der Waals surface area contributed by atoms with Crippen LogP contribution in [0, 0.1) is 27.7 Å². The Hall–Kier alpha value is -3.02. The van der Waals surface area contributed by atoms with E-state index in [2.05, 4.69) is 20.4 Å². The average molecular weight is 364 g/mol. The van der Waals surface area contributed by atoms with E-state index < -0.39 is 0 Å². The van der Waals surface area contributed by atoms with Gasteiger partial charge in [0.1, 0.15) is 5.82 Å². The molecule has 0 radical (unpaired) electrons. The molecule has 2 aromatic heterocycles. The summed E-state index contributed by atoms with van der Waals surface area (Å²) in [6.07, 6.45) is 2.73. The summed E-state index contributed by atoms with van der Waals surface area (Å²) in [6.45, 7) is 8.25. The van der Waals surface area contributed by atoms with E-state index in [1.54, 1.807) is 6.20 Å².